The Balaban J connectivity index is 1.52. The number of H-pyrrole nitrogens is 1. The van der Waals surface area contributed by atoms with E-state index in [1.54, 1.807) is 24.3 Å². The van der Waals surface area contributed by atoms with E-state index in [1.165, 1.54) is 11.8 Å². The molecule has 1 aliphatic heterocycles. The fourth-order valence-electron chi connectivity index (χ4n) is 3.44. The summed E-state index contributed by atoms with van der Waals surface area (Å²) in [6.45, 7) is 2.28. The third-order valence-electron chi connectivity index (χ3n) is 4.86. The number of fused-ring (bicyclic) bond motifs is 2. The zero-order valence-corrected chi connectivity index (χ0v) is 14.9. The number of nitrogens with zero attached hydrogens (tertiary/aromatic N) is 1. The maximum atomic E-state index is 12.5. The summed E-state index contributed by atoms with van der Waals surface area (Å²) in [5.41, 5.74) is 3.96. The molecule has 0 fully saturated rings. The number of amides is 3. The van der Waals surface area contributed by atoms with Crippen molar-refractivity contribution in [1.29, 1.82) is 0 Å². The SMILES string of the molecule is CC(=O)NCc1ccc2[nH]cc(CCN3C(=O)c4ccccc4C3=O)c2c1. The van der Waals surface area contributed by atoms with Gasteiger partial charge in [0.05, 0.1) is 11.1 Å². The number of carbonyl (C=O) groups excluding carboxylic acids is 3. The van der Waals surface area contributed by atoms with Gasteiger partial charge in [-0.1, -0.05) is 18.2 Å². The number of nitrogens with one attached hydrogen (secondary N) is 2. The number of carbonyl (C=O) groups is 3. The first-order chi connectivity index (χ1) is 13.0. The maximum absolute atomic E-state index is 12.5. The average Bonchev–Trinajstić information content (AvgIpc) is 3.18. The fourth-order valence-corrected chi connectivity index (χ4v) is 3.44. The molecule has 2 aromatic carbocycles. The monoisotopic (exact) mass is 361 g/mol. The van der Waals surface area contributed by atoms with Gasteiger partial charge < -0.3 is 10.3 Å². The molecule has 1 aliphatic rings. The van der Waals surface area contributed by atoms with Gasteiger partial charge in [-0.15, -0.1) is 0 Å². The number of hydrogen-bond donors (Lipinski definition) is 2. The summed E-state index contributed by atoms with van der Waals surface area (Å²) in [7, 11) is 0. The summed E-state index contributed by atoms with van der Waals surface area (Å²) in [5, 5.41) is 3.83. The van der Waals surface area contributed by atoms with Gasteiger partial charge in [-0.3, -0.25) is 19.3 Å². The minimum atomic E-state index is -0.234. The second-order valence-corrected chi connectivity index (χ2v) is 6.66. The van der Waals surface area contributed by atoms with Crippen LogP contribution in [0.15, 0.2) is 48.7 Å². The van der Waals surface area contributed by atoms with Crippen LogP contribution in [0.3, 0.4) is 0 Å². The number of benzene rings is 2. The summed E-state index contributed by atoms with van der Waals surface area (Å²) < 4.78 is 0. The molecule has 0 spiro atoms. The molecule has 0 saturated heterocycles. The smallest absolute Gasteiger partial charge is 0.261 e. The molecule has 1 aromatic heterocycles. The summed E-state index contributed by atoms with van der Waals surface area (Å²) in [6.07, 6.45) is 2.47. The van der Waals surface area contributed by atoms with Gasteiger partial charge in [0.2, 0.25) is 5.91 Å². The highest BCUT2D eigenvalue weighted by Crippen LogP contribution is 2.25. The molecule has 0 saturated carbocycles. The van der Waals surface area contributed by atoms with E-state index in [-0.39, 0.29) is 17.7 Å². The second-order valence-electron chi connectivity index (χ2n) is 6.66. The van der Waals surface area contributed by atoms with E-state index >= 15 is 0 Å². The van der Waals surface area contributed by atoms with Crippen LogP contribution in [0.25, 0.3) is 10.9 Å². The zero-order valence-electron chi connectivity index (χ0n) is 14.9. The summed E-state index contributed by atoms with van der Waals surface area (Å²) in [5.74, 6) is -0.543. The molecule has 3 amide bonds. The van der Waals surface area contributed by atoms with Crippen molar-refractivity contribution < 1.29 is 14.4 Å². The molecule has 2 N–H and O–H groups in total. The minimum absolute atomic E-state index is 0.0741. The molecule has 27 heavy (non-hydrogen) atoms. The highest BCUT2D eigenvalue weighted by atomic mass is 16.2. The van der Waals surface area contributed by atoms with Crippen LogP contribution in [0.4, 0.5) is 0 Å². The van der Waals surface area contributed by atoms with Crippen LogP contribution in [0, 0.1) is 0 Å². The molecule has 6 heteroatoms. The van der Waals surface area contributed by atoms with Gasteiger partial charge in [0.1, 0.15) is 0 Å². The predicted molar refractivity (Wildman–Crippen MR) is 101 cm³/mol. The van der Waals surface area contributed by atoms with E-state index in [2.05, 4.69) is 10.3 Å². The van der Waals surface area contributed by atoms with E-state index in [1.807, 2.05) is 24.4 Å². The number of imide groups is 1. The van der Waals surface area contributed by atoms with Crippen LogP contribution >= 0.6 is 0 Å². The molecule has 3 aromatic rings. The molecule has 0 bridgehead atoms. The molecule has 0 atom stereocenters. The van der Waals surface area contributed by atoms with E-state index in [4.69, 9.17) is 0 Å². The topological polar surface area (TPSA) is 82.3 Å². The second kappa shape index (κ2) is 6.72. The van der Waals surface area contributed by atoms with Gasteiger partial charge in [0, 0.05) is 37.1 Å². The fraction of sp³-hybridized carbons (Fsp3) is 0.190. The standard InChI is InChI=1S/C21H19N3O3/c1-13(25)22-11-14-6-7-19-18(10-14)15(12-23-19)8-9-24-20(26)16-4-2-3-5-17(16)21(24)27/h2-7,10,12,23H,8-9,11H2,1H3,(H,22,25). The van der Waals surface area contributed by atoms with Crippen molar-refractivity contribution in [3.05, 3.63) is 70.9 Å². The Kier molecular flexibility index (Phi) is 4.24. The molecule has 4 rings (SSSR count). The molecule has 0 aliphatic carbocycles. The van der Waals surface area contributed by atoms with E-state index in [9.17, 15) is 14.4 Å². The minimum Gasteiger partial charge on any atom is -0.361 e. The van der Waals surface area contributed by atoms with Crippen LogP contribution in [-0.2, 0) is 17.8 Å². The molecular weight excluding hydrogens is 342 g/mol. The van der Waals surface area contributed by atoms with Gasteiger partial charge in [0.25, 0.3) is 11.8 Å². The van der Waals surface area contributed by atoms with Crippen LogP contribution in [0.5, 0.6) is 0 Å². The lowest BCUT2D eigenvalue weighted by Gasteiger charge is -2.13. The largest absolute Gasteiger partial charge is 0.361 e. The Hall–Kier alpha value is -3.41. The molecular formula is C21H19N3O3. The Labute approximate surface area is 156 Å². The number of rotatable bonds is 5. The Bertz CT molecular complexity index is 1030. The third-order valence-corrected chi connectivity index (χ3v) is 4.86. The lowest BCUT2D eigenvalue weighted by atomic mass is 10.1. The quantitative estimate of drug-likeness (QED) is 0.686. The first-order valence-electron chi connectivity index (χ1n) is 8.83. The van der Waals surface area contributed by atoms with Crippen LogP contribution in [0.2, 0.25) is 0 Å². The van der Waals surface area contributed by atoms with Crippen LogP contribution in [0.1, 0.15) is 38.8 Å². The molecule has 0 radical (unpaired) electrons. The highest BCUT2D eigenvalue weighted by Gasteiger charge is 2.34. The number of aromatic nitrogens is 1. The van der Waals surface area contributed by atoms with Crippen molar-refractivity contribution in [2.75, 3.05) is 6.54 Å². The molecule has 0 unspecified atom stereocenters. The van der Waals surface area contributed by atoms with Gasteiger partial charge >= 0.3 is 0 Å². The van der Waals surface area contributed by atoms with Crippen molar-refractivity contribution in [3.63, 3.8) is 0 Å². The van der Waals surface area contributed by atoms with Crippen molar-refractivity contribution in [2.45, 2.75) is 19.9 Å². The van der Waals surface area contributed by atoms with Gasteiger partial charge in [0.15, 0.2) is 0 Å². The predicted octanol–water partition coefficient (Wildman–Crippen LogP) is 2.64. The normalized spacial score (nSPS) is 13.3. The molecule has 136 valence electrons. The van der Waals surface area contributed by atoms with Crippen molar-refractivity contribution in [2.24, 2.45) is 0 Å². The molecule has 2 heterocycles. The Morgan fingerprint density at radius 2 is 1.78 bits per heavy atom. The van der Waals surface area contributed by atoms with E-state index in [0.717, 1.165) is 22.0 Å². The van der Waals surface area contributed by atoms with Crippen molar-refractivity contribution >= 4 is 28.6 Å². The lowest BCUT2D eigenvalue weighted by molar-refractivity contribution is -0.119. The number of hydrogen-bond acceptors (Lipinski definition) is 3. The van der Waals surface area contributed by atoms with Crippen molar-refractivity contribution in [3.8, 4) is 0 Å². The lowest BCUT2D eigenvalue weighted by Crippen LogP contribution is -2.31. The van der Waals surface area contributed by atoms with Gasteiger partial charge in [-0.25, -0.2) is 0 Å². The maximum Gasteiger partial charge on any atom is 0.261 e. The van der Waals surface area contributed by atoms with Gasteiger partial charge in [-0.05, 0) is 41.8 Å². The first-order valence-corrected chi connectivity index (χ1v) is 8.83. The zero-order chi connectivity index (χ0) is 19.0. The summed E-state index contributed by atoms with van der Waals surface area (Å²) in [6, 6.07) is 12.9. The first kappa shape index (κ1) is 17.0. The van der Waals surface area contributed by atoms with Gasteiger partial charge in [-0.2, -0.15) is 0 Å². The average molecular weight is 361 g/mol. The molecule has 6 nitrogen and oxygen atoms in total. The third kappa shape index (κ3) is 3.10. The van der Waals surface area contributed by atoms with Crippen LogP contribution in [-0.4, -0.2) is 34.2 Å². The number of aromatic amines is 1. The summed E-state index contributed by atoms with van der Waals surface area (Å²) >= 11 is 0. The Morgan fingerprint density at radius 3 is 2.44 bits per heavy atom. The van der Waals surface area contributed by atoms with E-state index < -0.39 is 0 Å². The highest BCUT2D eigenvalue weighted by molar-refractivity contribution is 6.21. The van der Waals surface area contributed by atoms with E-state index in [0.29, 0.717) is 30.6 Å². The summed E-state index contributed by atoms with van der Waals surface area (Å²) in [4.78, 5) is 40.6. The Morgan fingerprint density at radius 1 is 1.07 bits per heavy atom. The van der Waals surface area contributed by atoms with Crippen LogP contribution < -0.4 is 5.32 Å². The van der Waals surface area contributed by atoms with Crippen molar-refractivity contribution in [1.82, 2.24) is 15.2 Å².